The van der Waals surface area contributed by atoms with Crippen LogP contribution in [0.3, 0.4) is 0 Å². The van der Waals surface area contributed by atoms with E-state index in [-0.39, 0.29) is 23.6 Å². The fourth-order valence-corrected chi connectivity index (χ4v) is 6.44. The smallest absolute Gasteiger partial charge is 0.306 e. The van der Waals surface area contributed by atoms with Gasteiger partial charge in [-0.15, -0.1) is 11.8 Å². The van der Waals surface area contributed by atoms with Gasteiger partial charge < -0.3 is 14.8 Å². The van der Waals surface area contributed by atoms with Crippen LogP contribution in [0.4, 0.5) is 11.4 Å². The monoisotopic (exact) mass is 691 g/mol. The zero-order chi connectivity index (χ0) is 34.9. The Hall–Kier alpha value is -4.88. The maximum atomic E-state index is 13.1. The minimum absolute atomic E-state index is 0.0685. The predicted molar refractivity (Wildman–Crippen MR) is 186 cm³/mol. The number of esters is 1. The van der Waals surface area contributed by atoms with Crippen molar-refractivity contribution in [1.29, 1.82) is 0 Å². The van der Waals surface area contributed by atoms with Gasteiger partial charge in [-0.25, -0.2) is 13.1 Å². The van der Waals surface area contributed by atoms with E-state index < -0.39 is 37.0 Å². The van der Waals surface area contributed by atoms with E-state index in [1.54, 1.807) is 23.9 Å². The van der Waals surface area contributed by atoms with Gasteiger partial charge in [-0.2, -0.15) is 0 Å². The molecule has 0 aliphatic carbocycles. The maximum absolute atomic E-state index is 13.1. The highest BCUT2D eigenvalue weighted by Crippen LogP contribution is 2.32. The molecule has 0 heterocycles. The molecular formula is C35H37N3O8S2. The van der Waals surface area contributed by atoms with Gasteiger partial charge >= 0.3 is 5.97 Å². The summed E-state index contributed by atoms with van der Waals surface area (Å²) in [6, 6.07) is 24.9. The molecule has 2 N–H and O–H groups in total. The van der Waals surface area contributed by atoms with Crippen LogP contribution in [-0.2, 0) is 26.0 Å². The summed E-state index contributed by atoms with van der Waals surface area (Å²) in [4.78, 5) is 36.8. The Labute approximate surface area is 284 Å². The highest BCUT2D eigenvalue weighted by Gasteiger charge is 2.24. The van der Waals surface area contributed by atoms with E-state index in [0.29, 0.717) is 30.0 Å². The van der Waals surface area contributed by atoms with E-state index in [2.05, 4.69) is 5.32 Å². The topological polar surface area (TPSA) is 154 Å². The first-order valence-corrected chi connectivity index (χ1v) is 17.5. The molecule has 0 unspecified atom stereocenters. The van der Waals surface area contributed by atoms with Crippen LogP contribution >= 0.6 is 11.8 Å². The lowest BCUT2D eigenvalue weighted by Gasteiger charge is -2.19. The lowest BCUT2D eigenvalue weighted by molar-refractivity contribution is -0.384. The molecule has 0 atom stereocenters. The van der Waals surface area contributed by atoms with Crippen LogP contribution in [0.25, 0.3) is 11.1 Å². The number of ether oxygens (including phenoxy) is 2. The van der Waals surface area contributed by atoms with Crippen LogP contribution < -0.4 is 14.8 Å². The largest absolute Gasteiger partial charge is 0.496 e. The van der Waals surface area contributed by atoms with Crippen LogP contribution in [0.1, 0.15) is 43.1 Å². The van der Waals surface area contributed by atoms with Crippen molar-refractivity contribution in [1.82, 2.24) is 4.72 Å². The van der Waals surface area contributed by atoms with Gasteiger partial charge in [0.05, 0.1) is 16.9 Å². The standard InChI is InChI=1S/C35H37N3O8S2/c1-35(2,3)46-33(39)19-11-24-10-17-29(32(22-24)45-4)25-12-14-26(15-13-25)34(40)37-48(43,44)28-16-18-30(31(23-28)38(41)42)36-20-21-47-27-8-6-5-7-9-27/h5-10,12-18,22-23,36H,11,19-21H2,1-4H3,(H,37,40). The van der Waals surface area contributed by atoms with Gasteiger partial charge in [-0.3, -0.25) is 19.7 Å². The summed E-state index contributed by atoms with van der Waals surface area (Å²) < 4.78 is 39.1. The van der Waals surface area contributed by atoms with E-state index in [1.807, 2.05) is 74.0 Å². The highest BCUT2D eigenvalue weighted by molar-refractivity contribution is 7.99. The van der Waals surface area contributed by atoms with Crippen molar-refractivity contribution in [2.24, 2.45) is 0 Å². The number of methoxy groups -OCH3 is 1. The first-order chi connectivity index (χ1) is 22.8. The summed E-state index contributed by atoms with van der Waals surface area (Å²) in [5, 5.41) is 14.8. The van der Waals surface area contributed by atoms with Crippen molar-refractivity contribution in [2.45, 2.75) is 49.0 Å². The molecule has 0 aliphatic heterocycles. The fourth-order valence-electron chi connectivity index (χ4n) is 4.66. The SMILES string of the molecule is COc1cc(CCC(=O)OC(C)(C)C)ccc1-c1ccc(C(=O)NS(=O)(=O)c2ccc(NCCSc3ccccc3)c([N+](=O)[O-])c2)cc1. The zero-order valence-electron chi connectivity index (χ0n) is 27.0. The Morgan fingerprint density at radius 1 is 0.938 bits per heavy atom. The lowest BCUT2D eigenvalue weighted by Crippen LogP contribution is -2.30. The minimum Gasteiger partial charge on any atom is -0.496 e. The molecule has 0 aromatic heterocycles. The third kappa shape index (κ3) is 10.1. The number of rotatable bonds is 14. The molecule has 48 heavy (non-hydrogen) atoms. The molecule has 0 aliphatic rings. The van der Waals surface area contributed by atoms with Gasteiger partial charge in [0, 0.05) is 40.8 Å². The fraction of sp³-hybridized carbons (Fsp3) is 0.257. The van der Waals surface area contributed by atoms with Crippen molar-refractivity contribution < 1.29 is 32.4 Å². The van der Waals surface area contributed by atoms with Gasteiger partial charge in [0.25, 0.3) is 21.6 Å². The molecule has 1 amide bonds. The van der Waals surface area contributed by atoms with E-state index in [0.717, 1.165) is 22.1 Å². The van der Waals surface area contributed by atoms with Crippen LogP contribution in [0.15, 0.2) is 101 Å². The molecule has 4 aromatic rings. The van der Waals surface area contributed by atoms with Crippen molar-refractivity contribution >= 4 is 45.0 Å². The molecule has 13 heteroatoms. The number of nitrogens with zero attached hydrogens (tertiary/aromatic N) is 1. The minimum atomic E-state index is -4.43. The number of hydrogen-bond donors (Lipinski definition) is 2. The number of benzene rings is 4. The molecular weight excluding hydrogens is 655 g/mol. The lowest BCUT2D eigenvalue weighted by atomic mass is 9.99. The molecule has 4 rings (SSSR count). The first-order valence-electron chi connectivity index (χ1n) is 15.0. The molecule has 0 saturated carbocycles. The molecule has 0 spiro atoms. The Morgan fingerprint density at radius 2 is 1.65 bits per heavy atom. The Kier molecular flexibility index (Phi) is 11.8. The number of thioether (sulfide) groups is 1. The third-order valence-electron chi connectivity index (χ3n) is 6.89. The van der Waals surface area contributed by atoms with Crippen LogP contribution in [-0.4, -0.2) is 50.2 Å². The molecule has 0 bridgehead atoms. The number of nitro benzene ring substituents is 1. The zero-order valence-corrected chi connectivity index (χ0v) is 28.7. The summed E-state index contributed by atoms with van der Waals surface area (Å²) in [6.45, 7) is 5.85. The van der Waals surface area contributed by atoms with Gasteiger partial charge in [0.15, 0.2) is 0 Å². The number of anilines is 1. The number of aryl methyl sites for hydroxylation is 1. The van der Waals surface area contributed by atoms with Gasteiger partial charge in [0.1, 0.15) is 17.0 Å². The average molecular weight is 692 g/mol. The number of hydrogen-bond acceptors (Lipinski definition) is 10. The molecule has 4 aromatic carbocycles. The number of nitro groups is 1. The van der Waals surface area contributed by atoms with Gasteiger partial charge in [-0.05, 0) is 80.8 Å². The Morgan fingerprint density at radius 3 is 2.29 bits per heavy atom. The van der Waals surface area contributed by atoms with Crippen LogP contribution in [0, 0.1) is 10.1 Å². The summed E-state index contributed by atoms with van der Waals surface area (Å²) in [7, 11) is -2.90. The summed E-state index contributed by atoms with van der Waals surface area (Å²) in [6.07, 6.45) is 0.685. The molecule has 0 fully saturated rings. The molecule has 252 valence electrons. The summed E-state index contributed by atoms with van der Waals surface area (Å²) in [5.41, 5.74) is 1.58. The van der Waals surface area contributed by atoms with Gasteiger partial charge in [-0.1, -0.05) is 42.5 Å². The third-order valence-corrected chi connectivity index (χ3v) is 9.24. The van der Waals surface area contributed by atoms with Crippen LogP contribution in [0.5, 0.6) is 5.75 Å². The van der Waals surface area contributed by atoms with Crippen LogP contribution in [0.2, 0.25) is 0 Å². The first kappa shape index (κ1) is 36.0. The van der Waals surface area contributed by atoms with E-state index in [4.69, 9.17) is 9.47 Å². The summed E-state index contributed by atoms with van der Waals surface area (Å²) in [5.74, 6) is 0.00196. The number of amides is 1. The second-order valence-electron chi connectivity index (χ2n) is 11.7. The maximum Gasteiger partial charge on any atom is 0.306 e. The quantitative estimate of drug-likeness (QED) is 0.0471. The number of nitrogens with one attached hydrogen (secondary N) is 2. The summed E-state index contributed by atoms with van der Waals surface area (Å²) >= 11 is 1.58. The Bertz CT molecular complexity index is 1870. The average Bonchev–Trinajstić information content (AvgIpc) is 3.05. The number of carbonyl (C=O) groups is 2. The van der Waals surface area contributed by atoms with Crippen molar-refractivity contribution in [2.75, 3.05) is 24.7 Å². The van der Waals surface area contributed by atoms with E-state index in [9.17, 15) is 28.1 Å². The predicted octanol–water partition coefficient (Wildman–Crippen LogP) is 6.87. The van der Waals surface area contributed by atoms with E-state index in [1.165, 1.54) is 31.4 Å². The second-order valence-corrected chi connectivity index (χ2v) is 14.5. The molecule has 0 saturated heterocycles. The Balaban J connectivity index is 1.40. The van der Waals surface area contributed by atoms with Crippen molar-refractivity contribution in [3.63, 3.8) is 0 Å². The molecule has 0 radical (unpaired) electrons. The molecule has 11 nitrogen and oxygen atoms in total. The van der Waals surface area contributed by atoms with E-state index >= 15 is 0 Å². The van der Waals surface area contributed by atoms with Crippen molar-refractivity contribution in [3.8, 4) is 16.9 Å². The highest BCUT2D eigenvalue weighted by atomic mass is 32.2. The van der Waals surface area contributed by atoms with Gasteiger partial charge in [0.2, 0.25) is 0 Å². The number of sulfonamides is 1. The normalized spacial score (nSPS) is 11.4. The number of carbonyl (C=O) groups excluding carboxylic acids is 2. The second kappa shape index (κ2) is 15.8. The van der Waals surface area contributed by atoms with Crippen molar-refractivity contribution in [3.05, 3.63) is 112 Å².